The molecule has 1 rings (SSSR count). The van der Waals surface area contributed by atoms with Crippen molar-refractivity contribution in [2.75, 3.05) is 12.4 Å². The molecule has 0 saturated heterocycles. The summed E-state index contributed by atoms with van der Waals surface area (Å²) in [7, 11) is 0. The number of hydrogen-bond donors (Lipinski definition) is 1. The Kier molecular flexibility index (Phi) is 3.91. The van der Waals surface area contributed by atoms with E-state index < -0.39 is 0 Å². The first kappa shape index (κ1) is 10.4. The van der Waals surface area contributed by atoms with E-state index in [1.54, 1.807) is 0 Å². The van der Waals surface area contributed by atoms with Crippen molar-refractivity contribution in [3.05, 3.63) is 0 Å². The fourth-order valence-electron chi connectivity index (χ4n) is 1.76. The average Bonchev–Trinajstić information content (AvgIpc) is 2.03. The molecular formula is C10H20OS. The third-order valence-corrected chi connectivity index (χ3v) is 2.91. The van der Waals surface area contributed by atoms with Gasteiger partial charge in [0.1, 0.15) is 0 Å². The van der Waals surface area contributed by atoms with E-state index in [1.807, 2.05) is 0 Å². The van der Waals surface area contributed by atoms with Gasteiger partial charge in [-0.25, -0.2) is 0 Å². The lowest BCUT2D eigenvalue weighted by molar-refractivity contribution is 0.0125. The fourth-order valence-corrected chi connectivity index (χ4v) is 1.86. The second kappa shape index (κ2) is 4.52. The molecule has 0 aromatic heterocycles. The van der Waals surface area contributed by atoms with Crippen LogP contribution in [0, 0.1) is 5.41 Å². The van der Waals surface area contributed by atoms with Gasteiger partial charge in [-0.1, -0.05) is 13.8 Å². The van der Waals surface area contributed by atoms with Crippen LogP contribution in [0.2, 0.25) is 0 Å². The van der Waals surface area contributed by atoms with Gasteiger partial charge in [-0.3, -0.25) is 0 Å². The fraction of sp³-hybridized carbons (Fsp3) is 1.00. The van der Waals surface area contributed by atoms with Gasteiger partial charge in [-0.15, -0.1) is 0 Å². The molecule has 0 unspecified atom stereocenters. The van der Waals surface area contributed by atoms with Crippen LogP contribution in [0.4, 0.5) is 0 Å². The molecule has 1 fully saturated rings. The van der Waals surface area contributed by atoms with E-state index in [1.165, 1.54) is 25.7 Å². The predicted octanol–water partition coefficient (Wildman–Crippen LogP) is 2.90. The Morgan fingerprint density at radius 2 is 1.92 bits per heavy atom. The van der Waals surface area contributed by atoms with Gasteiger partial charge in [0.05, 0.1) is 12.7 Å². The molecule has 0 bridgehead atoms. The van der Waals surface area contributed by atoms with E-state index in [0.717, 1.165) is 12.4 Å². The Balaban J connectivity index is 2.18. The van der Waals surface area contributed by atoms with E-state index in [0.29, 0.717) is 11.5 Å². The Morgan fingerprint density at radius 3 is 2.42 bits per heavy atom. The quantitative estimate of drug-likeness (QED) is 0.670. The normalized spacial score (nSPS) is 24.2. The molecule has 0 aromatic rings. The highest BCUT2D eigenvalue weighted by molar-refractivity contribution is 7.80. The summed E-state index contributed by atoms with van der Waals surface area (Å²) in [5, 5.41) is 0. The molecule has 0 atom stereocenters. The van der Waals surface area contributed by atoms with E-state index >= 15 is 0 Å². The number of hydrogen-bond acceptors (Lipinski definition) is 2. The molecule has 0 aliphatic heterocycles. The lowest BCUT2D eigenvalue weighted by Crippen LogP contribution is -2.26. The van der Waals surface area contributed by atoms with Crippen molar-refractivity contribution in [1.82, 2.24) is 0 Å². The topological polar surface area (TPSA) is 9.23 Å². The summed E-state index contributed by atoms with van der Waals surface area (Å²) in [6, 6.07) is 0. The van der Waals surface area contributed by atoms with Gasteiger partial charge >= 0.3 is 0 Å². The minimum atomic E-state index is 0.519. The maximum absolute atomic E-state index is 5.65. The van der Waals surface area contributed by atoms with Crippen LogP contribution in [-0.4, -0.2) is 18.5 Å². The van der Waals surface area contributed by atoms with Crippen molar-refractivity contribution in [3.8, 4) is 0 Å². The molecular weight excluding hydrogens is 168 g/mol. The molecule has 2 heteroatoms. The second-order valence-corrected chi connectivity index (χ2v) is 4.91. The van der Waals surface area contributed by atoms with Gasteiger partial charge < -0.3 is 4.74 Å². The smallest absolute Gasteiger partial charge is 0.0576 e. The Bertz CT molecular complexity index is 124. The predicted molar refractivity (Wildman–Crippen MR) is 55.8 cm³/mol. The molecule has 1 nitrogen and oxygen atoms in total. The van der Waals surface area contributed by atoms with Crippen molar-refractivity contribution >= 4 is 12.6 Å². The van der Waals surface area contributed by atoms with Crippen LogP contribution in [0.1, 0.15) is 39.5 Å². The molecule has 0 N–H and O–H groups in total. The van der Waals surface area contributed by atoms with Gasteiger partial charge in [0.15, 0.2) is 0 Å². The second-order valence-electron chi connectivity index (χ2n) is 4.46. The summed E-state index contributed by atoms with van der Waals surface area (Å²) in [5.41, 5.74) is 0.556. The lowest BCUT2D eigenvalue weighted by atomic mass is 9.76. The van der Waals surface area contributed by atoms with Crippen LogP contribution < -0.4 is 0 Å². The summed E-state index contributed by atoms with van der Waals surface area (Å²) in [6.45, 7) is 5.51. The molecule has 1 aliphatic rings. The van der Waals surface area contributed by atoms with Gasteiger partial charge in [-0.05, 0) is 31.1 Å². The van der Waals surface area contributed by atoms with Gasteiger partial charge in [0.25, 0.3) is 0 Å². The Morgan fingerprint density at radius 1 is 1.33 bits per heavy atom. The summed E-state index contributed by atoms with van der Waals surface area (Å²) in [4.78, 5) is 0. The Labute approximate surface area is 81.3 Å². The summed E-state index contributed by atoms with van der Waals surface area (Å²) >= 11 is 4.13. The largest absolute Gasteiger partial charge is 0.377 e. The molecule has 0 spiro atoms. The number of thiol groups is 1. The van der Waals surface area contributed by atoms with Crippen LogP contribution in [0.25, 0.3) is 0 Å². The van der Waals surface area contributed by atoms with Crippen molar-refractivity contribution in [3.63, 3.8) is 0 Å². The zero-order valence-corrected chi connectivity index (χ0v) is 9.07. The first-order chi connectivity index (χ1) is 5.64. The first-order valence-corrected chi connectivity index (χ1v) is 5.50. The van der Waals surface area contributed by atoms with E-state index in [-0.39, 0.29) is 0 Å². The zero-order valence-electron chi connectivity index (χ0n) is 8.18. The first-order valence-electron chi connectivity index (χ1n) is 4.86. The zero-order chi connectivity index (χ0) is 9.03. The summed E-state index contributed by atoms with van der Waals surface area (Å²) < 4.78 is 5.65. The highest BCUT2D eigenvalue weighted by Gasteiger charge is 2.26. The maximum atomic E-state index is 5.65. The molecule has 1 saturated carbocycles. The van der Waals surface area contributed by atoms with Crippen LogP contribution in [0.3, 0.4) is 0 Å². The SMILES string of the molecule is CC1(C)CCC(OCCS)CC1. The minimum absolute atomic E-state index is 0.519. The molecule has 72 valence electrons. The van der Waals surface area contributed by atoms with Gasteiger partial charge in [-0.2, -0.15) is 12.6 Å². The van der Waals surface area contributed by atoms with Crippen molar-refractivity contribution in [1.29, 1.82) is 0 Å². The van der Waals surface area contributed by atoms with Crippen molar-refractivity contribution in [2.45, 2.75) is 45.6 Å². The molecule has 1 aliphatic carbocycles. The number of ether oxygens (including phenoxy) is 1. The van der Waals surface area contributed by atoms with Crippen LogP contribution in [0.5, 0.6) is 0 Å². The summed E-state index contributed by atoms with van der Waals surface area (Å²) in [6.07, 6.45) is 5.61. The lowest BCUT2D eigenvalue weighted by Gasteiger charge is -2.34. The highest BCUT2D eigenvalue weighted by Crippen LogP contribution is 2.35. The average molecular weight is 188 g/mol. The van der Waals surface area contributed by atoms with E-state index in [9.17, 15) is 0 Å². The van der Waals surface area contributed by atoms with Gasteiger partial charge in [0.2, 0.25) is 0 Å². The van der Waals surface area contributed by atoms with Crippen molar-refractivity contribution in [2.24, 2.45) is 5.41 Å². The van der Waals surface area contributed by atoms with Crippen molar-refractivity contribution < 1.29 is 4.74 Å². The van der Waals surface area contributed by atoms with Crippen LogP contribution >= 0.6 is 12.6 Å². The van der Waals surface area contributed by atoms with E-state index in [4.69, 9.17) is 4.74 Å². The molecule has 0 amide bonds. The van der Waals surface area contributed by atoms with Crippen LogP contribution in [-0.2, 0) is 4.74 Å². The summed E-state index contributed by atoms with van der Waals surface area (Å²) in [5.74, 6) is 0.847. The third-order valence-electron chi connectivity index (χ3n) is 2.73. The third kappa shape index (κ3) is 3.36. The van der Waals surface area contributed by atoms with Crippen LogP contribution in [0.15, 0.2) is 0 Å². The molecule has 0 radical (unpaired) electrons. The Hall–Kier alpha value is 0.310. The van der Waals surface area contributed by atoms with Gasteiger partial charge in [0, 0.05) is 5.75 Å². The molecule has 0 aromatic carbocycles. The van der Waals surface area contributed by atoms with E-state index in [2.05, 4.69) is 26.5 Å². The minimum Gasteiger partial charge on any atom is -0.377 e. The highest BCUT2D eigenvalue weighted by atomic mass is 32.1. The monoisotopic (exact) mass is 188 g/mol. The molecule has 12 heavy (non-hydrogen) atoms. The number of rotatable bonds is 3. The maximum Gasteiger partial charge on any atom is 0.0576 e. The standard InChI is InChI=1S/C10H20OS/c1-10(2)5-3-9(4-6-10)11-7-8-12/h9,12H,3-8H2,1-2H3. The molecule has 0 heterocycles.